The highest BCUT2D eigenvalue weighted by atomic mass is 16.7. The van der Waals surface area contributed by atoms with Gasteiger partial charge in [0.25, 0.3) is 0 Å². The van der Waals surface area contributed by atoms with Crippen molar-refractivity contribution in [1.82, 2.24) is 0 Å². The van der Waals surface area contributed by atoms with E-state index in [2.05, 4.69) is 0 Å². The Balaban J connectivity index is 2.41. The summed E-state index contributed by atoms with van der Waals surface area (Å²) in [6.45, 7) is 12.3. The first-order valence-corrected chi connectivity index (χ1v) is 7.64. The summed E-state index contributed by atoms with van der Waals surface area (Å²) in [7, 11) is 1.40. The summed E-state index contributed by atoms with van der Waals surface area (Å²) < 4.78 is 22.2. The van der Waals surface area contributed by atoms with Gasteiger partial charge in [-0.3, -0.25) is 4.79 Å². The summed E-state index contributed by atoms with van der Waals surface area (Å²) in [4.78, 5) is 11.5. The fourth-order valence-corrected chi connectivity index (χ4v) is 2.46. The van der Waals surface area contributed by atoms with Gasteiger partial charge in [-0.15, -0.1) is 0 Å². The van der Waals surface area contributed by atoms with Crippen LogP contribution in [-0.4, -0.2) is 43.3 Å². The number of hydrogen-bond donors (Lipinski definition) is 0. The van der Waals surface area contributed by atoms with Gasteiger partial charge in [-0.25, -0.2) is 0 Å². The molecule has 0 aromatic heterocycles. The van der Waals surface area contributed by atoms with Crippen LogP contribution in [0.4, 0.5) is 0 Å². The number of methoxy groups -OCH3 is 1. The topological polar surface area (TPSA) is 54.0 Å². The molecule has 21 heavy (non-hydrogen) atoms. The minimum Gasteiger partial charge on any atom is -0.469 e. The van der Waals surface area contributed by atoms with Crippen molar-refractivity contribution in [2.45, 2.75) is 78.0 Å². The van der Waals surface area contributed by atoms with Gasteiger partial charge in [-0.1, -0.05) is 0 Å². The molecule has 0 amide bonds. The van der Waals surface area contributed by atoms with Crippen LogP contribution >= 0.6 is 0 Å². The fourth-order valence-electron chi connectivity index (χ4n) is 2.46. The molecule has 0 bridgehead atoms. The predicted octanol–water partition coefficient (Wildman–Crippen LogP) is 2.91. The Kier molecular flexibility index (Phi) is 6.20. The first kappa shape index (κ1) is 18.4. The number of esters is 1. The molecule has 0 aromatic rings. The monoisotopic (exact) mass is 302 g/mol. The first-order valence-electron chi connectivity index (χ1n) is 7.64. The molecule has 0 aromatic carbocycles. The van der Waals surface area contributed by atoms with Crippen molar-refractivity contribution in [3.05, 3.63) is 0 Å². The zero-order chi connectivity index (χ0) is 16.3. The van der Waals surface area contributed by atoms with Gasteiger partial charge in [0.15, 0.2) is 5.79 Å². The smallest absolute Gasteiger partial charge is 0.311 e. The number of rotatable bonds is 7. The molecule has 1 heterocycles. The van der Waals surface area contributed by atoms with E-state index in [4.69, 9.17) is 18.9 Å². The lowest BCUT2D eigenvalue weighted by molar-refractivity contribution is -0.157. The van der Waals surface area contributed by atoms with Crippen LogP contribution in [0.25, 0.3) is 0 Å². The highest BCUT2D eigenvalue weighted by Gasteiger charge is 2.34. The number of carbonyl (C=O) groups is 1. The van der Waals surface area contributed by atoms with E-state index in [0.29, 0.717) is 6.61 Å². The van der Waals surface area contributed by atoms with E-state index < -0.39 is 5.79 Å². The van der Waals surface area contributed by atoms with Crippen molar-refractivity contribution in [2.24, 2.45) is 5.92 Å². The van der Waals surface area contributed by atoms with Gasteiger partial charge in [0.05, 0.1) is 37.4 Å². The van der Waals surface area contributed by atoms with Gasteiger partial charge in [0, 0.05) is 0 Å². The Hall–Kier alpha value is -0.650. The van der Waals surface area contributed by atoms with Gasteiger partial charge in [0.1, 0.15) is 0 Å². The van der Waals surface area contributed by atoms with E-state index in [0.717, 1.165) is 12.8 Å². The van der Waals surface area contributed by atoms with E-state index in [1.54, 1.807) is 0 Å². The molecule has 1 aliphatic heterocycles. The lowest BCUT2D eigenvalue weighted by atomic mass is 9.98. The summed E-state index contributed by atoms with van der Waals surface area (Å²) in [5.74, 6) is -1.01. The lowest BCUT2D eigenvalue weighted by Crippen LogP contribution is -2.36. The highest BCUT2D eigenvalue weighted by molar-refractivity contribution is 5.72. The molecule has 124 valence electrons. The van der Waals surface area contributed by atoms with E-state index in [9.17, 15) is 4.79 Å². The third-order valence-electron chi connectivity index (χ3n) is 3.92. The van der Waals surface area contributed by atoms with Gasteiger partial charge in [0.2, 0.25) is 0 Å². The van der Waals surface area contributed by atoms with Crippen LogP contribution < -0.4 is 0 Å². The van der Waals surface area contributed by atoms with Gasteiger partial charge in [-0.05, 0) is 54.4 Å². The normalized spacial score (nSPS) is 24.6. The Morgan fingerprint density at radius 1 is 1.38 bits per heavy atom. The predicted molar refractivity (Wildman–Crippen MR) is 79.9 cm³/mol. The van der Waals surface area contributed by atoms with Gasteiger partial charge < -0.3 is 18.9 Å². The molecule has 5 nitrogen and oxygen atoms in total. The quantitative estimate of drug-likeness (QED) is 0.677. The highest BCUT2D eigenvalue weighted by Crippen LogP contribution is 2.29. The zero-order valence-electron chi connectivity index (χ0n) is 14.4. The first-order chi connectivity index (χ1) is 9.56. The number of hydrogen-bond acceptors (Lipinski definition) is 5. The summed E-state index contributed by atoms with van der Waals surface area (Å²) >= 11 is 0. The van der Waals surface area contributed by atoms with Crippen molar-refractivity contribution >= 4 is 5.97 Å². The number of ether oxygens (including phenoxy) is 4. The van der Waals surface area contributed by atoms with Crippen molar-refractivity contribution in [2.75, 3.05) is 13.7 Å². The van der Waals surface area contributed by atoms with Crippen LogP contribution in [0.15, 0.2) is 0 Å². The Morgan fingerprint density at radius 3 is 2.48 bits per heavy atom. The van der Waals surface area contributed by atoms with Crippen LogP contribution in [-0.2, 0) is 23.7 Å². The molecule has 3 unspecified atom stereocenters. The molecule has 0 aliphatic carbocycles. The molecule has 0 N–H and O–H groups in total. The maximum absolute atomic E-state index is 11.5. The van der Waals surface area contributed by atoms with E-state index in [1.807, 2.05) is 41.5 Å². The lowest BCUT2D eigenvalue weighted by Gasteiger charge is -2.32. The maximum Gasteiger partial charge on any atom is 0.311 e. The summed E-state index contributed by atoms with van der Waals surface area (Å²) in [5, 5.41) is 0. The molecular weight excluding hydrogens is 272 g/mol. The second kappa shape index (κ2) is 7.07. The molecule has 0 saturated carbocycles. The fraction of sp³-hybridized carbons (Fsp3) is 0.938. The molecule has 1 saturated heterocycles. The SMILES string of the molecule is COC(=O)C(C)C(C)OC(C)(C)CCC1COC(C)(C)O1. The Morgan fingerprint density at radius 2 is 2.00 bits per heavy atom. The van der Waals surface area contributed by atoms with Crippen LogP contribution in [0.5, 0.6) is 0 Å². The maximum atomic E-state index is 11.5. The number of carbonyl (C=O) groups excluding carboxylic acids is 1. The molecule has 1 aliphatic rings. The van der Waals surface area contributed by atoms with Crippen molar-refractivity contribution in [3.8, 4) is 0 Å². The second-order valence-corrected chi connectivity index (χ2v) is 6.88. The molecular formula is C16H30O5. The Bertz CT molecular complexity index is 351. The standard InChI is InChI=1S/C16H30O5/c1-11(14(17)18-7)12(2)20-15(3,4)9-8-13-10-19-16(5,6)21-13/h11-13H,8-10H2,1-7H3. The summed E-state index contributed by atoms with van der Waals surface area (Å²) in [5.41, 5.74) is -0.322. The van der Waals surface area contributed by atoms with Crippen molar-refractivity contribution in [3.63, 3.8) is 0 Å². The second-order valence-electron chi connectivity index (χ2n) is 6.88. The minimum atomic E-state index is -0.484. The van der Waals surface area contributed by atoms with Gasteiger partial charge >= 0.3 is 5.97 Å². The largest absolute Gasteiger partial charge is 0.469 e. The third kappa shape index (κ3) is 5.93. The van der Waals surface area contributed by atoms with E-state index in [-0.39, 0.29) is 29.7 Å². The third-order valence-corrected chi connectivity index (χ3v) is 3.92. The van der Waals surface area contributed by atoms with E-state index in [1.165, 1.54) is 7.11 Å². The Labute approximate surface area is 128 Å². The van der Waals surface area contributed by atoms with Gasteiger partial charge in [-0.2, -0.15) is 0 Å². The van der Waals surface area contributed by atoms with E-state index >= 15 is 0 Å². The molecule has 0 spiro atoms. The average molecular weight is 302 g/mol. The molecule has 1 rings (SSSR count). The molecule has 5 heteroatoms. The summed E-state index contributed by atoms with van der Waals surface area (Å²) in [6.07, 6.45) is 1.63. The summed E-state index contributed by atoms with van der Waals surface area (Å²) in [6, 6.07) is 0. The van der Waals surface area contributed by atoms with Crippen LogP contribution in [0, 0.1) is 5.92 Å². The van der Waals surface area contributed by atoms with Crippen molar-refractivity contribution < 1.29 is 23.7 Å². The average Bonchev–Trinajstić information content (AvgIpc) is 2.74. The molecule has 1 fully saturated rings. The van der Waals surface area contributed by atoms with Crippen LogP contribution in [0.2, 0.25) is 0 Å². The molecule has 0 radical (unpaired) electrons. The molecule has 3 atom stereocenters. The van der Waals surface area contributed by atoms with Crippen molar-refractivity contribution in [1.29, 1.82) is 0 Å². The van der Waals surface area contributed by atoms with Crippen LogP contribution in [0.3, 0.4) is 0 Å². The van der Waals surface area contributed by atoms with Crippen LogP contribution in [0.1, 0.15) is 54.4 Å². The minimum absolute atomic E-state index is 0.108. The zero-order valence-corrected chi connectivity index (χ0v) is 14.4.